The summed E-state index contributed by atoms with van der Waals surface area (Å²) in [7, 11) is 4.69. The number of benzene rings is 2. The predicted molar refractivity (Wildman–Crippen MR) is 139 cm³/mol. The molecule has 0 saturated carbocycles. The molecule has 13 nitrogen and oxygen atoms in total. The number of nitro benzene ring substituents is 1. The molecule has 2 aromatic heterocycles. The van der Waals surface area contributed by atoms with Gasteiger partial charge >= 0.3 is 17.5 Å². The lowest BCUT2D eigenvalue weighted by Crippen LogP contribution is -2.61. The number of imidazole rings is 1. The van der Waals surface area contributed by atoms with Crippen molar-refractivity contribution in [3.63, 3.8) is 0 Å². The van der Waals surface area contributed by atoms with Crippen LogP contribution in [0.3, 0.4) is 0 Å². The number of hydrogen-bond donors (Lipinski definition) is 0. The molecule has 2 aliphatic rings. The molecule has 4 heterocycles. The first-order valence-corrected chi connectivity index (χ1v) is 12.0. The number of amides is 3. The number of urea groups is 1. The van der Waals surface area contributed by atoms with Gasteiger partial charge in [0.05, 0.1) is 16.3 Å². The fraction of sp³-hybridized carbons (Fsp3) is 0.192. The molecule has 0 bridgehead atoms. The van der Waals surface area contributed by atoms with Crippen molar-refractivity contribution in [2.45, 2.75) is 13.0 Å². The van der Waals surface area contributed by atoms with Gasteiger partial charge in [-0.05, 0) is 19.1 Å². The highest BCUT2D eigenvalue weighted by molar-refractivity contribution is 6.18. The van der Waals surface area contributed by atoms with Gasteiger partial charge < -0.3 is 0 Å². The minimum absolute atomic E-state index is 0.125. The first kappa shape index (κ1) is 24.0. The number of rotatable bonds is 4. The second-order valence-corrected chi connectivity index (χ2v) is 9.39. The molecule has 1 unspecified atom stereocenters. The maximum atomic E-state index is 14.0. The van der Waals surface area contributed by atoms with Gasteiger partial charge in [-0.25, -0.2) is 14.0 Å². The number of imide groups is 1. The van der Waals surface area contributed by atoms with Gasteiger partial charge in [0.15, 0.2) is 5.69 Å². The van der Waals surface area contributed by atoms with E-state index in [9.17, 15) is 24.5 Å². The van der Waals surface area contributed by atoms with E-state index < -0.39 is 22.9 Å². The Balaban J connectivity index is 1.68. The highest BCUT2D eigenvalue weighted by Crippen LogP contribution is 2.35. The Morgan fingerprint density at radius 2 is 1.69 bits per heavy atom. The number of amidine groups is 1. The summed E-state index contributed by atoms with van der Waals surface area (Å²) in [6.45, 7) is 1.79. The fourth-order valence-electron chi connectivity index (χ4n) is 5.16. The van der Waals surface area contributed by atoms with Crippen LogP contribution in [0.15, 0.2) is 70.6 Å². The zero-order chi connectivity index (χ0) is 27.7. The van der Waals surface area contributed by atoms with Crippen LogP contribution in [0.2, 0.25) is 0 Å². The number of nitro groups is 1. The lowest BCUT2D eigenvalue weighted by Gasteiger charge is -2.30. The normalized spacial score (nSPS) is 16.4. The maximum absolute atomic E-state index is 14.0. The minimum Gasteiger partial charge on any atom is -0.282 e. The molecule has 1 atom stereocenters. The molecule has 2 aromatic carbocycles. The number of aliphatic imine (C=N–C) groups is 1. The van der Waals surface area contributed by atoms with E-state index in [0.29, 0.717) is 22.6 Å². The SMILES string of the molecule is Cc1c(-n2c(-c3cccc([N+](=O)[O-])c3)c[n+]3c2N=C2C3C(=O)N(C)C(=O)N2C)c(=O)n(-c2ccccc2)n1C. The molecule has 0 N–H and O–H groups in total. The number of fused-ring (bicyclic) bond motifs is 3. The number of likely N-dealkylation sites (N-methyl/N-ethyl adjacent to an activating group) is 2. The van der Waals surface area contributed by atoms with E-state index in [1.54, 1.807) is 46.1 Å². The van der Waals surface area contributed by atoms with Gasteiger partial charge in [0.2, 0.25) is 11.9 Å². The third-order valence-electron chi connectivity index (χ3n) is 7.25. The van der Waals surface area contributed by atoms with E-state index in [1.165, 1.54) is 35.8 Å². The number of nitrogens with zero attached hydrogens (tertiary/aromatic N) is 8. The molecule has 196 valence electrons. The lowest BCUT2D eigenvalue weighted by molar-refractivity contribution is -0.676. The van der Waals surface area contributed by atoms with E-state index in [0.717, 1.165) is 4.90 Å². The van der Waals surface area contributed by atoms with Crippen LogP contribution in [0.5, 0.6) is 0 Å². The van der Waals surface area contributed by atoms with Crippen LogP contribution in [-0.4, -0.2) is 60.5 Å². The molecule has 39 heavy (non-hydrogen) atoms. The van der Waals surface area contributed by atoms with Crippen LogP contribution in [-0.2, 0) is 11.8 Å². The average Bonchev–Trinajstić information content (AvgIpc) is 3.55. The van der Waals surface area contributed by atoms with Crippen molar-refractivity contribution in [1.82, 2.24) is 23.7 Å². The Morgan fingerprint density at radius 1 is 0.974 bits per heavy atom. The third-order valence-corrected chi connectivity index (χ3v) is 7.25. The number of aromatic nitrogens is 4. The van der Waals surface area contributed by atoms with Crippen LogP contribution >= 0.6 is 0 Å². The molecule has 1 fully saturated rings. The Hall–Kier alpha value is -5.33. The molecular formula is C26H23N8O5+. The van der Waals surface area contributed by atoms with E-state index >= 15 is 0 Å². The van der Waals surface area contributed by atoms with Crippen LogP contribution in [0.1, 0.15) is 11.7 Å². The fourth-order valence-corrected chi connectivity index (χ4v) is 5.16. The van der Waals surface area contributed by atoms with Gasteiger partial charge in [0, 0.05) is 38.8 Å². The number of hydrogen-bond acceptors (Lipinski definition) is 6. The first-order chi connectivity index (χ1) is 18.6. The summed E-state index contributed by atoms with van der Waals surface area (Å²) < 4.78 is 6.44. The second-order valence-electron chi connectivity index (χ2n) is 9.39. The average molecular weight is 528 g/mol. The zero-order valence-corrected chi connectivity index (χ0v) is 21.5. The van der Waals surface area contributed by atoms with Gasteiger partial charge in [-0.2, -0.15) is 4.57 Å². The van der Waals surface area contributed by atoms with Crippen molar-refractivity contribution in [2.75, 3.05) is 14.1 Å². The van der Waals surface area contributed by atoms with Crippen LogP contribution in [0, 0.1) is 17.0 Å². The molecule has 3 amide bonds. The van der Waals surface area contributed by atoms with E-state index in [-0.39, 0.29) is 28.7 Å². The zero-order valence-electron chi connectivity index (χ0n) is 21.5. The monoisotopic (exact) mass is 527 g/mol. The molecule has 0 radical (unpaired) electrons. The predicted octanol–water partition coefficient (Wildman–Crippen LogP) is 2.25. The topological polar surface area (TPSA) is 132 Å². The molecule has 13 heteroatoms. The molecule has 2 aliphatic heterocycles. The van der Waals surface area contributed by atoms with E-state index in [2.05, 4.69) is 4.99 Å². The Morgan fingerprint density at radius 3 is 2.38 bits per heavy atom. The summed E-state index contributed by atoms with van der Waals surface area (Å²) in [5.41, 5.74) is 1.91. The lowest BCUT2D eigenvalue weighted by atomic mass is 10.1. The van der Waals surface area contributed by atoms with E-state index in [4.69, 9.17) is 0 Å². The Bertz CT molecular complexity index is 1810. The van der Waals surface area contributed by atoms with Gasteiger partial charge in [-0.1, -0.05) is 35.3 Å². The van der Waals surface area contributed by atoms with Crippen molar-refractivity contribution in [2.24, 2.45) is 12.0 Å². The minimum atomic E-state index is -0.938. The molecule has 0 spiro atoms. The Labute approximate surface area is 221 Å². The maximum Gasteiger partial charge on any atom is 0.407 e. The quantitative estimate of drug-likeness (QED) is 0.228. The molecule has 4 aromatic rings. The Kier molecular flexibility index (Phi) is 5.14. The summed E-state index contributed by atoms with van der Waals surface area (Å²) in [5, 5.41) is 11.6. The van der Waals surface area contributed by atoms with Crippen LogP contribution < -0.4 is 10.1 Å². The van der Waals surface area contributed by atoms with Gasteiger partial charge in [0.25, 0.3) is 11.6 Å². The number of para-hydroxylation sites is 1. The van der Waals surface area contributed by atoms with Crippen molar-refractivity contribution >= 4 is 29.4 Å². The molecule has 6 rings (SSSR count). The van der Waals surface area contributed by atoms with Crippen LogP contribution in [0.25, 0.3) is 22.6 Å². The first-order valence-electron chi connectivity index (χ1n) is 12.0. The summed E-state index contributed by atoms with van der Waals surface area (Å²) in [4.78, 5) is 58.0. The van der Waals surface area contributed by atoms with Crippen molar-refractivity contribution in [1.29, 1.82) is 0 Å². The summed E-state index contributed by atoms with van der Waals surface area (Å²) in [5.74, 6) is -0.00458. The van der Waals surface area contributed by atoms with Gasteiger partial charge in [-0.3, -0.25) is 34.2 Å². The summed E-state index contributed by atoms with van der Waals surface area (Å²) in [6.07, 6.45) is 1.64. The summed E-state index contributed by atoms with van der Waals surface area (Å²) >= 11 is 0. The third kappa shape index (κ3) is 3.29. The smallest absolute Gasteiger partial charge is 0.282 e. The van der Waals surface area contributed by atoms with Crippen molar-refractivity contribution in [3.8, 4) is 22.6 Å². The molecular weight excluding hydrogens is 504 g/mol. The highest BCUT2D eigenvalue weighted by atomic mass is 16.6. The van der Waals surface area contributed by atoms with E-state index in [1.807, 2.05) is 30.3 Å². The number of carbonyl (C=O) groups excluding carboxylic acids is 2. The second kappa shape index (κ2) is 8.34. The largest absolute Gasteiger partial charge is 0.407 e. The molecule has 0 aliphatic carbocycles. The van der Waals surface area contributed by atoms with Gasteiger partial charge in [-0.15, -0.1) is 0 Å². The highest BCUT2D eigenvalue weighted by Gasteiger charge is 2.53. The standard InChI is InChI=1S/C26H23N8O5/c1-15-20(24(36)33(30(15)4)17-10-6-5-7-11-17)32-19(16-9-8-12-18(13-16)34(38)39)14-31-21-22(27-25(31)32)28(2)26(37)29(3)23(21)35/h5-14,21H,1-4H3/q+1. The summed E-state index contributed by atoms with van der Waals surface area (Å²) in [6, 6.07) is 13.7. The van der Waals surface area contributed by atoms with Gasteiger partial charge in [0.1, 0.15) is 11.9 Å². The van der Waals surface area contributed by atoms with Crippen molar-refractivity contribution < 1.29 is 19.1 Å². The van der Waals surface area contributed by atoms with Crippen molar-refractivity contribution in [3.05, 3.63) is 87.0 Å². The molecule has 1 saturated heterocycles. The number of non-ortho nitro benzene ring substituents is 1. The van der Waals surface area contributed by atoms with Crippen LogP contribution in [0.4, 0.5) is 16.4 Å². The number of carbonyl (C=O) groups is 2.